The average Bonchev–Trinajstić information content (AvgIpc) is 2.64. The third kappa shape index (κ3) is 5.48. The van der Waals surface area contributed by atoms with Crippen LogP contribution in [0.3, 0.4) is 0 Å². The molecule has 1 saturated heterocycles. The van der Waals surface area contributed by atoms with Gasteiger partial charge in [-0.05, 0) is 18.9 Å². The molecule has 162 valence electrons. The van der Waals surface area contributed by atoms with E-state index < -0.39 is 0 Å². The maximum atomic E-state index is 14.3. The first-order valence-corrected chi connectivity index (χ1v) is 9.48. The number of piperazine rings is 1. The molecule has 3 N–H and O–H groups in total. The summed E-state index contributed by atoms with van der Waals surface area (Å²) >= 11 is 0. The first kappa shape index (κ1) is 25.4. The molecule has 0 atom stereocenters. The Hall–Kier alpha value is -1.67. The van der Waals surface area contributed by atoms with Crippen molar-refractivity contribution in [1.29, 1.82) is 0 Å². The van der Waals surface area contributed by atoms with Crippen LogP contribution >= 0.6 is 24.8 Å². The van der Waals surface area contributed by atoms with E-state index in [0.29, 0.717) is 29.1 Å². The van der Waals surface area contributed by atoms with Gasteiger partial charge in [0, 0.05) is 56.0 Å². The van der Waals surface area contributed by atoms with Crippen LogP contribution in [0.4, 0.5) is 10.1 Å². The van der Waals surface area contributed by atoms with Crippen LogP contribution in [0.1, 0.15) is 25.0 Å². The van der Waals surface area contributed by atoms with Crippen LogP contribution < -0.4 is 21.5 Å². The molecule has 9 heteroatoms. The Labute approximate surface area is 183 Å². The van der Waals surface area contributed by atoms with E-state index in [2.05, 4.69) is 15.3 Å². The highest BCUT2D eigenvalue weighted by Gasteiger charge is 2.22. The maximum absolute atomic E-state index is 14.3. The second-order valence-corrected chi connectivity index (χ2v) is 7.45. The summed E-state index contributed by atoms with van der Waals surface area (Å²) in [5, 5.41) is 7.91. The molecule has 0 aliphatic carbocycles. The molecular weight excluding hydrogens is 416 g/mol. The van der Waals surface area contributed by atoms with Crippen LogP contribution in [-0.4, -0.2) is 36.0 Å². The first-order chi connectivity index (χ1) is 12.9. The predicted octanol–water partition coefficient (Wildman–Crippen LogP) is 2.73. The molecule has 0 radical (unpaired) electrons. The van der Waals surface area contributed by atoms with E-state index in [1.165, 1.54) is 10.7 Å². The van der Waals surface area contributed by atoms with Gasteiger partial charge >= 0.3 is 0 Å². The highest BCUT2D eigenvalue weighted by Crippen LogP contribution is 2.28. The molecule has 0 bridgehead atoms. The summed E-state index contributed by atoms with van der Waals surface area (Å²) in [6.07, 6.45) is 0. The molecule has 6 nitrogen and oxygen atoms in total. The van der Waals surface area contributed by atoms with Gasteiger partial charge in [-0.15, -0.1) is 24.8 Å². The number of hydrogen-bond donors (Lipinski definition) is 2. The van der Waals surface area contributed by atoms with Crippen molar-refractivity contribution in [2.75, 3.05) is 31.1 Å². The van der Waals surface area contributed by atoms with Gasteiger partial charge in [-0.1, -0.05) is 26.0 Å². The van der Waals surface area contributed by atoms with Gasteiger partial charge in [-0.25, -0.2) is 9.07 Å². The van der Waals surface area contributed by atoms with Crippen molar-refractivity contribution in [3.63, 3.8) is 0 Å². The number of nitrogens with one attached hydrogen (secondary N) is 1. The third-order valence-electron chi connectivity index (χ3n) is 4.89. The number of aromatic nitrogens is 2. The molecule has 0 unspecified atom stereocenters. The fourth-order valence-electron chi connectivity index (χ4n) is 3.50. The highest BCUT2D eigenvalue weighted by molar-refractivity contribution is 5.85. The lowest BCUT2D eigenvalue weighted by Gasteiger charge is -2.31. The van der Waals surface area contributed by atoms with Crippen LogP contribution in [0.25, 0.3) is 11.3 Å². The summed E-state index contributed by atoms with van der Waals surface area (Å²) in [7, 11) is 0. The minimum atomic E-state index is -0.346. The van der Waals surface area contributed by atoms with E-state index in [1.54, 1.807) is 6.07 Å². The van der Waals surface area contributed by atoms with E-state index in [1.807, 2.05) is 26.8 Å². The molecule has 29 heavy (non-hydrogen) atoms. The normalized spacial score (nSPS) is 13.8. The molecule has 0 amide bonds. The van der Waals surface area contributed by atoms with Crippen molar-refractivity contribution in [2.45, 2.75) is 33.9 Å². The standard InChI is InChI=1S/C20H28FN5O.2ClH/c1-13(2)12-26-20(27)19(25-8-6-23-7-9-25)14(3)18(24-26)15-4-5-16(11-22)17(21)10-15;;/h4-5,10,13,23H,6-9,11-12,22H2,1-3H3;2*1H. The number of nitrogens with zero attached hydrogens (tertiary/aromatic N) is 3. The molecular formula is C20H30Cl2FN5O. The number of rotatable bonds is 5. The van der Waals surface area contributed by atoms with E-state index in [4.69, 9.17) is 5.73 Å². The van der Waals surface area contributed by atoms with Crippen molar-refractivity contribution in [1.82, 2.24) is 15.1 Å². The van der Waals surface area contributed by atoms with Gasteiger partial charge in [0.05, 0.1) is 5.69 Å². The summed E-state index contributed by atoms with van der Waals surface area (Å²) in [4.78, 5) is 15.2. The van der Waals surface area contributed by atoms with E-state index >= 15 is 0 Å². The molecule has 2 heterocycles. The van der Waals surface area contributed by atoms with Crippen LogP contribution in [-0.2, 0) is 13.1 Å². The number of anilines is 1. The van der Waals surface area contributed by atoms with Crippen molar-refractivity contribution < 1.29 is 4.39 Å². The number of halogens is 3. The minimum absolute atomic E-state index is 0. The van der Waals surface area contributed by atoms with E-state index in [0.717, 1.165) is 31.7 Å². The molecule has 1 aromatic carbocycles. The Balaban J connectivity index is 0.00000210. The number of benzene rings is 1. The summed E-state index contributed by atoms with van der Waals surface area (Å²) in [6, 6.07) is 4.98. The zero-order valence-corrected chi connectivity index (χ0v) is 18.7. The van der Waals surface area contributed by atoms with Gasteiger partial charge in [0.25, 0.3) is 5.56 Å². The predicted molar refractivity (Wildman–Crippen MR) is 121 cm³/mol. The average molecular weight is 446 g/mol. The smallest absolute Gasteiger partial charge is 0.290 e. The molecule has 2 aromatic rings. The summed E-state index contributed by atoms with van der Waals surface area (Å²) < 4.78 is 15.8. The summed E-state index contributed by atoms with van der Waals surface area (Å²) in [5.41, 5.74) is 8.74. The maximum Gasteiger partial charge on any atom is 0.290 e. The van der Waals surface area contributed by atoms with Crippen LogP contribution in [0.15, 0.2) is 23.0 Å². The van der Waals surface area contributed by atoms with Crippen LogP contribution in [0.5, 0.6) is 0 Å². The van der Waals surface area contributed by atoms with Gasteiger partial charge in [0.2, 0.25) is 0 Å². The summed E-state index contributed by atoms with van der Waals surface area (Å²) in [5.74, 6) is -0.0699. The molecule has 1 aliphatic heterocycles. The Bertz CT molecular complexity index is 882. The molecule has 1 aromatic heterocycles. The monoisotopic (exact) mass is 445 g/mol. The molecule has 0 saturated carbocycles. The third-order valence-corrected chi connectivity index (χ3v) is 4.89. The molecule has 1 fully saturated rings. The number of nitrogens with two attached hydrogens (primary N) is 1. The fraction of sp³-hybridized carbons (Fsp3) is 0.500. The SMILES string of the molecule is Cc1c(-c2ccc(CN)c(F)c2)nn(CC(C)C)c(=O)c1N1CCNCC1.Cl.Cl. The van der Waals surface area contributed by atoms with Crippen LogP contribution in [0, 0.1) is 18.7 Å². The Morgan fingerprint density at radius 1 is 1.24 bits per heavy atom. The topological polar surface area (TPSA) is 76.2 Å². The summed E-state index contributed by atoms with van der Waals surface area (Å²) in [6.45, 7) is 9.87. The fourth-order valence-corrected chi connectivity index (χ4v) is 3.50. The number of hydrogen-bond acceptors (Lipinski definition) is 5. The lowest BCUT2D eigenvalue weighted by atomic mass is 10.0. The molecule has 0 spiro atoms. The zero-order chi connectivity index (χ0) is 19.6. The zero-order valence-electron chi connectivity index (χ0n) is 17.1. The van der Waals surface area contributed by atoms with Crippen molar-refractivity contribution in [3.05, 3.63) is 45.5 Å². The van der Waals surface area contributed by atoms with Crippen molar-refractivity contribution >= 4 is 30.5 Å². The Morgan fingerprint density at radius 2 is 1.90 bits per heavy atom. The minimum Gasteiger partial charge on any atom is -0.364 e. The largest absolute Gasteiger partial charge is 0.364 e. The lowest BCUT2D eigenvalue weighted by Crippen LogP contribution is -2.47. The molecule has 1 aliphatic rings. The van der Waals surface area contributed by atoms with Gasteiger partial charge in [0.1, 0.15) is 11.5 Å². The van der Waals surface area contributed by atoms with Crippen LogP contribution in [0.2, 0.25) is 0 Å². The van der Waals surface area contributed by atoms with E-state index in [-0.39, 0.29) is 48.7 Å². The lowest BCUT2D eigenvalue weighted by molar-refractivity contribution is 0.462. The van der Waals surface area contributed by atoms with Gasteiger partial charge in [-0.3, -0.25) is 4.79 Å². The quantitative estimate of drug-likeness (QED) is 0.739. The molecule has 3 rings (SSSR count). The Kier molecular flexibility index (Phi) is 9.55. The van der Waals surface area contributed by atoms with Gasteiger partial charge < -0.3 is 16.0 Å². The van der Waals surface area contributed by atoms with Gasteiger partial charge in [-0.2, -0.15) is 5.10 Å². The van der Waals surface area contributed by atoms with Crippen molar-refractivity contribution in [2.24, 2.45) is 11.7 Å². The highest BCUT2D eigenvalue weighted by atomic mass is 35.5. The first-order valence-electron chi connectivity index (χ1n) is 9.48. The second kappa shape index (κ2) is 10.9. The Morgan fingerprint density at radius 3 is 2.45 bits per heavy atom. The second-order valence-electron chi connectivity index (χ2n) is 7.45. The van der Waals surface area contributed by atoms with Crippen molar-refractivity contribution in [3.8, 4) is 11.3 Å². The van der Waals surface area contributed by atoms with Gasteiger partial charge in [0.15, 0.2) is 0 Å². The van der Waals surface area contributed by atoms with E-state index in [9.17, 15) is 9.18 Å².